The van der Waals surface area contributed by atoms with Crippen LogP contribution < -0.4 is 5.32 Å². The van der Waals surface area contributed by atoms with E-state index in [1.807, 2.05) is 26.8 Å². The average Bonchev–Trinajstić information content (AvgIpc) is 2.61. The smallest absolute Gasteiger partial charge is 0.242 e. The number of rotatable bonds is 6. The highest BCUT2D eigenvalue weighted by molar-refractivity contribution is 6.31. The quantitative estimate of drug-likeness (QED) is 0.777. The lowest BCUT2D eigenvalue weighted by atomic mass is 10.1. The van der Waals surface area contributed by atoms with Crippen LogP contribution >= 0.6 is 11.6 Å². The van der Waals surface area contributed by atoms with Crippen molar-refractivity contribution >= 4 is 23.4 Å². The molecular weight excluding hydrogens is 379 g/mol. The van der Waals surface area contributed by atoms with Crippen LogP contribution in [0.5, 0.6) is 0 Å². The van der Waals surface area contributed by atoms with Gasteiger partial charge in [0.15, 0.2) is 0 Å². The number of nitrogens with one attached hydrogen (secondary N) is 1. The van der Waals surface area contributed by atoms with Crippen molar-refractivity contribution in [2.24, 2.45) is 0 Å². The van der Waals surface area contributed by atoms with Crippen LogP contribution in [0.1, 0.15) is 38.8 Å². The molecule has 28 heavy (non-hydrogen) atoms. The van der Waals surface area contributed by atoms with Gasteiger partial charge in [0.1, 0.15) is 11.9 Å². The van der Waals surface area contributed by atoms with Gasteiger partial charge in [-0.15, -0.1) is 0 Å². The van der Waals surface area contributed by atoms with Gasteiger partial charge >= 0.3 is 0 Å². The molecule has 1 N–H and O–H groups in total. The van der Waals surface area contributed by atoms with Gasteiger partial charge in [0.05, 0.1) is 6.42 Å². The van der Waals surface area contributed by atoms with E-state index in [9.17, 15) is 14.0 Å². The fourth-order valence-corrected chi connectivity index (χ4v) is 2.97. The van der Waals surface area contributed by atoms with Gasteiger partial charge in [-0.25, -0.2) is 4.39 Å². The van der Waals surface area contributed by atoms with E-state index in [0.717, 1.165) is 5.56 Å². The third-order valence-corrected chi connectivity index (χ3v) is 4.63. The monoisotopic (exact) mass is 404 g/mol. The van der Waals surface area contributed by atoms with Gasteiger partial charge in [0.25, 0.3) is 0 Å². The first kappa shape index (κ1) is 21.9. The Morgan fingerprint density at radius 1 is 1.07 bits per heavy atom. The zero-order chi connectivity index (χ0) is 20.9. The number of carbonyl (C=O) groups is 2. The predicted molar refractivity (Wildman–Crippen MR) is 109 cm³/mol. The van der Waals surface area contributed by atoms with Crippen LogP contribution in [-0.4, -0.2) is 28.3 Å². The van der Waals surface area contributed by atoms with Gasteiger partial charge in [0.2, 0.25) is 11.8 Å². The van der Waals surface area contributed by atoms with Crippen LogP contribution in [0.4, 0.5) is 4.39 Å². The second-order valence-corrected chi connectivity index (χ2v) is 8.20. The lowest BCUT2D eigenvalue weighted by Crippen LogP contribution is -2.52. The number of amides is 2. The summed E-state index contributed by atoms with van der Waals surface area (Å²) in [7, 11) is 0. The molecule has 4 nitrogen and oxygen atoms in total. The lowest BCUT2D eigenvalue weighted by Gasteiger charge is -2.31. The normalized spacial score (nSPS) is 12.4. The zero-order valence-corrected chi connectivity index (χ0v) is 17.4. The molecule has 2 aromatic rings. The first-order valence-corrected chi connectivity index (χ1v) is 9.54. The summed E-state index contributed by atoms with van der Waals surface area (Å²) in [6.45, 7) is 7.44. The predicted octanol–water partition coefficient (Wildman–Crippen LogP) is 4.35. The van der Waals surface area contributed by atoms with Crippen LogP contribution in [0.15, 0.2) is 48.5 Å². The number of carbonyl (C=O) groups excluding carboxylic acids is 2. The van der Waals surface area contributed by atoms with Crippen molar-refractivity contribution in [1.82, 2.24) is 10.2 Å². The molecule has 2 aromatic carbocycles. The molecule has 0 saturated heterocycles. The average molecular weight is 405 g/mol. The van der Waals surface area contributed by atoms with Gasteiger partial charge in [0, 0.05) is 17.1 Å². The van der Waals surface area contributed by atoms with Crippen molar-refractivity contribution in [1.29, 1.82) is 0 Å². The molecule has 0 heterocycles. The third-order valence-electron chi connectivity index (χ3n) is 4.26. The van der Waals surface area contributed by atoms with Crippen molar-refractivity contribution in [2.75, 3.05) is 0 Å². The van der Waals surface area contributed by atoms with E-state index in [2.05, 4.69) is 5.32 Å². The van der Waals surface area contributed by atoms with Gasteiger partial charge < -0.3 is 10.2 Å². The van der Waals surface area contributed by atoms with E-state index in [-0.39, 0.29) is 24.8 Å². The summed E-state index contributed by atoms with van der Waals surface area (Å²) in [6, 6.07) is 12.6. The molecule has 150 valence electrons. The molecule has 2 amide bonds. The highest BCUT2D eigenvalue weighted by atomic mass is 35.5. The van der Waals surface area contributed by atoms with Gasteiger partial charge in [-0.05, 0) is 51.0 Å². The van der Waals surface area contributed by atoms with Crippen molar-refractivity contribution in [2.45, 2.75) is 52.2 Å². The summed E-state index contributed by atoms with van der Waals surface area (Å²) >= 11 is 6.25. The van der Waals surface area contributed by atoms with E-state index in [1.165, 1.54) is 11.0 Å². The van der Waals surface area contributed by atoms with E-state index in [0.29, 0.717) is 10.6 Å². The summed E-state index contributed by atoms with van der Waals surface area (Å²) in [4.78, 5) is 27.2. The molecule has 0 saturated carbocycles. The second kappa shape index (κ2) is 9.20. The molecule has 0 bridgehead atoms. The summed E-state index contributed by atoms with van der Waals surface area (Å²) in [5, 5.41) is 3.40. The van der Waals surface area contributed by atoms with E-state index < -0.39 is 17.4 Å². The number of halogens is 2. The number of benzene rings is 2. The minimum Gasteiger partial charge on any atom is -0.350 e. The van der Waals surface area contributed by atoms with Crippen molar-refractivity contribution < 1.29 is 14.0 Å². The van der Waals surface area contributed by atoms with Crippen LogP contribution in [0.3, 0.4) is 0 Å². The number of nitrogens with zero attached hydrogens (tertiary/aromatic N) is 1. The summed E-state index contributed by atoms with van der Waals surface area (Å²) < 4.78 is 14.0. The Labute approximate surface area is 170 Å². The van der Waals surface area contributed by atoms with Crippen LogP contribution in [-0.2, 0) is 22.6 Å². The minimum atomic E-state index is -0.741. The molecule has 0 aliphatic carbocycles. The lowest BCUT2D eigenvalue weighted by molar-refractivity contribution is -0.140. The summed E-state index contributed by atoms with van der Waals surface area (Å²) in [5.41, 5.74) is 0.581. The molecule has 0 radical (unpaired) electrons. The fourth-order valence-electron chi connectivity index (χ4n) is 2.77. The largest absolute Gasteiger partial charge is 0.350 e. The topological polar surface area (TPSA) is 49.4 Å². The Bertz CT molecular complexity index is 848. The Balaban J connectivity index is 2.29. The molecule has 6 heteroatoms. The standard InChI is InChI=1S/C22H26ClFN2O2/c1-15(21(28)25-22(2,3)4)26(14-17-10-5-7-11-18(17)23)20(27)13-16-9-6-8-12-19(16)24/h5-12,15H,13-14H2,1-4H3,(H,25,28)/t15-/m1/s1. The number of hydrogen-bond acceptors (Lipinski definition) is 2. The maximum absolute atomic E-state index is 14.0. The first-order chi connectivity index (χ1) is 13.1. The Morgan fingerprint density at radius 2 is 1.64 bits per heavy atom. The number of hydrogen-bond donors (Lipinski definition) is 1. The highest BCUT2D eigenvalue weighted by Crippen LogP contribution is 2.20. The second-order valence-electron chi connectivity index (χ2n) is 7.80. The van der Waals surface area contributed by atoms with E-state index >= 15 is 0 Å². The van der Waals surface area contributed by atoms with Gasteiger partial charge in [-0.3, -0.25) is 9.59 Å². The molecule has 0 aliphatic rings. The molecule has 0 aliphatic heterocycles. The molecule has 0 aromatic heterocycles. The SMILES string of the molecule is C[C@H](C(=O)NC(C)(C)C)N(Cc1ccccc1Cl)C(=O)Cc1ccccc1F. The molecule has 1 atom stereocenters. The highest BCUT2D eigenvalue weighted by Gasteiger charge is 2.29. The molecule has 0 spiro atoms. The zero-order valence-electron chi connectivity index (χ0n) is 16.6. The maximum atomic E-state index is 14.0. The summed E-state index contributed by atoms with van der Waals surface area (Å²) in [6.07, 6.45) is -0.135. The Kier molecular flexibility index (Phi) is 7.19. The van der Waals surface area contributed by atoms with Crippen LogP contribution in [0.2, 0.25) is 5.02 Å². The van der Waals surface area contributed by atoms with Crippen LogP contribution in [0, 0.1) is 5.82 Å². The van der Waals surface area contributed by atoms with Gasteiger partial charge in [-0.1, -0.05) is 48.0 Å². The van der Waals surface area contributed by atoms with Crippen molar-refractivity contribution in [3.8, 4) is 0 Å². The van der Waals surface area contributed by atoms with Crippen molar-refractivity contribution in [3.05, 3.63) is 70.5 Å². The third kappa shape index (κ3) is 6.06. The fraction of sp³-hybridized carbons (Fsp3) is 0.364. The minimum absolute atomic E-state index is 0.135. The maximum Gasteiger partial charge on any atom is 0.242 e. The molecule has 0 unspecified atom stereocenters. The molecule has 2 rings (SSSR count). The van der Waals surface area contributed by atoms with Crippen molar-refractivity contribution in [3.63, 3.8) is 0 Å². The first-order valence-electron chi connectivity index (χ1n) is 9.17. The molecular formula is C22H26ClFN2O2. The molecule has 0 fully saturated rings. The van der Waals surface area contributed by atoms with Gasteiger partial charge in [-0.2, -0.15) is 0 Å². The van der Waals surface area contributed by atoms with E-state index in [4.69, 9.17) is 11.6 Å². The summed E-state index contributed by atoms with van der Waals surface area (Å²) in [5.74, 6) is -1.07. The van der Waals surface area contributed by atoms with Crippen LogP contribution in [0.25, 0.3) is 0 Å². The Hall–Kier alpha value is -2.40. The van der Waals surface area contributed by atoms with E-state index in [1.54, 1.807) is 43.3 Å². The Morgan fingerprint density at radius 3 is 2.21 bits per heavy atom.